The van der Waals surface area contributed by atoms with Crippen molar-refractivity contribution < 1.29 is 14.3 Å². The number of nitrogens with zero attached hydrogens (tertiary/aromatic N) is 4. The lowest BCUT2D eigenvalue weighted by atomic mass is 9.80. The SMILES string of the molecule is COc1ccc(OC)c(C(=O)NCC2CCC(c3ccnc4ncnn34)CC2)c1. The molecule has 0 aliphatic heterocycles. The zero-order valence-corrected chi connectivity index (χ0v) is 16.7. The minimum atomic E-state index is -0.138. The molecule has 0 spiro atoms. The second kappa shape index (κ2) is 8.46. The van der Waals surface area contributed by atoms with Gasteiger partial charge >= 0.3 is 0 Å². The van der Waals surface area contributed by atoms with Gasteiger partial charge in [-0.25, -0.2) is 9.50 Å². The summed E-state index contributed by atoms with van der Waals surface area (Å²) in [6, 6.07) is 7.27. The summed E-state index contributed by atoms with van der Waals surface area (Å²) in [5, 5.41) is 7.36. The van der Waals surface area contributed by atoms with Crippen LogP contribution in [0.1, 0.15) is 47.7 Å². The highest BCUT2D eigenvalue weighted by Crippen LogP contribution is 2.35. The maximum Gasteiger partial charge on any atom is 0.255 e. The van der Waals surface area contributed by atoms with E-state index >= 15 is 0 Å². The molecule has 1 saturated carbocycles. The number of rotatable bonds is 6. The van der Waals surface area contributed by atoms with Gasteiger partial charge in [0.25, 0.3) is 11.7 Å². The molecular weight excluding hydrogens is 370 g/mol. The van der Waals surface area contributed by atoms with Crippen LogP contribution in [0.2, 0.25) is 0 Å². The highest BCUT2D eigenvalue weighted by atomic mass is 16.5. The first-order valence-corrected chi connectivity index (χ1v) is 9.84. The monoisotopic (exact) mass is 395 g/mol. The first-order chi connectivity index (χ1) is 14.2. The quantitative estimate of drug-likeness (QED) is 0.690. The molecule has 1 amide bonds. The number of hydrogen-bond acceptors (Lipinski definition) is 6. The van der Waals surface area contributed by atoms with Gasteiger partial charge in [0.1, 0.15) is 17.8 Å². The van der Waals surface area contributed by atoms with E-state index in [1.165, 1.54) is 0 Å². The van der Waals surface area contributed by atoms with Gasteiger partial charge in [0.05, 0.1) is 25.5 Å². The summed E-state index contributed by atoms with van der Waals surface area (Å²) in [6.45, 7) is 0.654. The molecule has 1 aromatic carbocycles. The van der Waals surface area contributed by atoms with E-state index in [2.05, 4.69) is 20.4 Å². The van der Waals surface area contributed by atoms with Gasteiger partial charge in [0.2, 0.25) is 0 Å². The Morgan fingerprint density at radius 2 is 1.97 bits per heavy atom. The van der Waals surface area contributed by atoms with Gasteiger partial charge in [-0.2, -0.15) is 10.1 Å². The van der Waals surface area contributed by atoms with E-state index in [0.29, 0.717) is 41.2 Å². The fraction of sp³-hybridized carbons (Fsp3) is 0.429. The molecule has 152 valence electrons. The highest BCUT2D eigenvalue weighted by Gasteiger charge is 2.25. The standard InChI is InChI=1S/C21H25N5O3/c1-28-16-7-8-19(29-2)17(11-16)20(27)23-12-14-3-5-15(6-4-14)18-9-10-22-21-24-13-25-26(18)21/h7-11,13-15H,3-6,12H2,1-2H3,(H,23,27). The fourth-order valence-electron chi connectivity index (χ4n) is 4.05. The van der Waals surface area contributed by atoms with Crippen molar-refractivity contribution in [1.29, 1.82) is 0 Å². The molecule has 0 saturated heterocycles. The topological polar surface area (TPSA) is 90.6 Å². The van der Waals surface area contributed by atoms with Crippen molar-refractivity contribution in [2.45, 2.75) is 31.6 Å². The molecule has 3 aromatic rings. The maximum absolute atomic E-state index is 12.7. The molecule has 0 atom stereocenters. The minimum absolute atomic E-state index is 0.138. The summed E-state index contributed by atoms with van der Waals surface area (Å²) < 4.78 is 12.4. The van der Waals surface area contributed by atoms with E-state index < -0.39 is 0 Å². The summed E-state index contributed by atoms with van der Waals surface area (Å²) >= 11 is 0. The number of methoxy groups -OCH3 is 2. The van der Waals surface area contributed by atoms with Crippen LogP contribution in [0.15, 0.2) is 36.8 Å². The fourth-order valence-corrected chi connectivity index (χ4v) is 4.05. The predicted octanol–water partition coefficient (Wildman–Crippen LogP) is 2.85. The molecular formula is C21H25N5O3. The second-order valence-electron chi connectivity index (χ2n) is 7.34. The Balaban J connectivity index is 1.35. The van der Waals surface area contributed by atoms with E-state index in [0.717, 1.165) is 31.4 Å². The third kappa shape index (κ3) is 4.01. The number of amides is 1. The molecule has 0 unspecified atom stereocenters. The average molecular weight is 395 g/mol. The summed E-state index contributed by atoms with van der Waals surface area (Å²) in [6.07, 6.45) is 7.56. The molecule has 2 heterocycles. The summed E-state index contributed by atoms with van der Waals surface area (Å²) in [4.78, 5) is 21.1. The van der Waals surface area contributed by atoms with Crippen molar-refractivity contribution in [3.8, 4) is 11.5 Å². The zero-order chi connectivity index (χ0) is 20.2. The number of ether oxygens (including phenoxy) is 2. The molecule has 8 nitrogen and oxygen atoms in total. The molecule has 1 aliphatic carbocycles. The van der Waals surface area contributed by atoms with E-state index in [4.69, 9.17) is 9.47 Å². The number of carbonyl (C=O) groups excluding carboxylic acids is 1. The van der Waals surface area contributed by atoms with Gasteiger partial charge in [0.15, 0.2) is 0 Å². The van der Waals surface area contributed by atoms with E-state index in [9.17, 15) is 4.79 Å². The lowest BCUT2D eigenvalue weighted by Gasteiger charge is -2.28. The van der Waals surface area contributed by atoms with Crippen molar-refractivity contribution in [1.82, 2.24) is 24.9 Å². The highest BCUT2D eigenvalue weighted by molar-refractivity contribution is 5.97. The van der Waals surface area contributed by atoms with Crippen LogP contribution in [-0.4, -0.2) is 46.3 Å². The average Bonchev–Trinajstić information content (AvgIpc) is 3.26. The lowest BCUT2D eigenvalue weighted by Crippen LogP contribution is -2.31. The molecule has 2 aromatic heterocycles. The van der Waals surface area contributed by atoms with Crippen LogP contribution in [0, 0.1) is 5.92 Å². The first-order valence-electron chi connectivity index (χ1n) is 9.84. The van der Waals surface area contributed by atoms with Gasteiger partial charge in [0, 0.05) is 18.7 Å². The van der Waals surface area contributed by atoms with E-state index in [1.807, 2.05) is 10.6 Å². The molecule has 0 radical (unpaired) electrons. The Hall–Kier alpha value is -3.16. The van der Waals surface area contributed by atoms with Crippen molar-refractivity contribution in [3.63, 3.8) is 0 Å². The maximum atomic E-state index is 12.7. The van der Waals surface area contributed by atoms with E-state index in [-0.39, 0.29) is 5.91 Å². The molecule has 29 heavy (non-hydrogen) atoms. The van der Waals surface area contributed by atoms with Crippen LogP contribution in [0.25, 0.3) is 5.78 Å². The zero-order valence-electron chi connectivity index (χ0n) is 16.7. The van der Waals surface area contributed by atoms with Crippen LogP contribution in [0.4, 0.5) is 0 Å². The van der Waals surface area contributed by atoms with Crippen molar-refractivity contribution in [2.24, 2.45) is 5.92 Å². The third-order valence-corrected chi connectivity index (χ3v) is 5.68. The molecule has 1 N–H and O–H groups in total. The van der Waals surface area contributed by atoms with Crippen LogP contribution in [0.3, 0.4) is 0 Å². The van der Waals surface area contributed by atoms with E-state index in [1.54, 1.807) is 44.9 Å². The van der Waals surface area contributed by atoms with Gasteiger partial charge in [-0.1, -0.05) is 0 Å². The van der Waals surface area contributed by atoms with Crippen LogP contribution >= 0.6 is 0 Å². The van der Waals surface area contributed by atoms with Crippen molar-refractivity contribution in [3.05, 3.63) is 48.0 Å². The van der Waals surface area contributed by atoms with Crippen LogP contribution < -0.4 is 14.8 Å². The van der Waals surface area contributed by atoms with Crippen molar-refractivity contribution >= 4 is 11.7 Å². The lowest BCUT2D eigenvalue weighted by molar-refractivity contribution is 0.0939. The molecule has 1 fully saturated rings. The number of aromatic nitrogens is 4. The van der Waals surface area contributed by atoms with Gasteiger partial charge in [-0.3, -0.25) is 4.79 Å². The van der Waals surface area contributed by atoms with Gasteiger partial charge in [-0.05, 0) is 55.9 Å². The molecule has 4 rings (SSSR count). The second-order valence-corrected chi connectivity index (χ2v) is 7.34. The van der Waals surface area contributed by atoms with Gasteiger partial charge < -0.3 is 14.8 Å². The minimum Gasteiger partial charge on any atom is -0.497 e. The smallest absolute Gasteiger partial charge is 0.255 e. The van der Waals surface area contributed by atoms with Crippen LogP contribution in [0.5, 0.6) is 11.5 Å². The molecule has 8 heteroatoms. The summed E-state index contributed by atoms with van der Waals surface area (Å²) in [7, 11) is 3.14. The Kier molecular flexibility index (Phi) is 5.59. The Bertz CT molecular complexity index is 995. The largest absolute Gasteiger partial charge is 0.497 e. The summed E-state index contributed by atoms with van der Waals surface area (Å²) in [5.74, 6) is 2.58. The molecule has 1 aliphatic rings. The number of carbonyl (C=O) groups is 1. The third-order valence-electron chi connectivity index (χ3n) is 5.68. The number of hydrogen-bond donors (Lipinski definition) is 1. The van der Waals surface area contributed by atoms with Crippen LogP contribution in [-0.2, 0) is 0 Å². The normalized spacial score (nSPS) is 19.1. The number of nitrogens with one attached hydrogen (secondary N) is 1. The number of benzene rings is 1. The molecule has 0 bridgehead atoms. The first kappa shape index (κ1) is 19.2. The van der Waals surface area contributed by atoms with Crippen molar-refractivity contribution in [2.75, 3.05) is 20.8 Å². The Morgan fingerprint density at radius 1 is 1.14 bits per heavy atom. The number of fused-ring (bicyclic) bond motifs is 1. The predicted molar refractivity (Wildman–Crippen MR) is 107 cm³/mol. The Morgan fingerprint density at radius 3 is 2.72 bits per heavy atom. The van der Waals surface area contributed by atoms with Gasteiger partial charge in [-0.15, -0.1) is 0 Å². The Labute approximate surface area is 169 Å². The summed E-state index contributed by atoms with van der Waals surface area (Å²) in [5.41, 5.74) is 1.65.